The number of anilines is 1. The van der Waals surface area contributed by atoms with E-state index in [4.69, 9.17) is 4.74 Å². The van der Waals surface area contributed by atoms with E-state index in [2.05, 4.69) is 4.18 Å². The fourth-order valence-electron chi connectivity index (χ4n) is 3.79. The third-order valence-corrected chi connectivity index (χ3v) is 5.42. The van der Waals surface area contributed by atoms with E-state index in [1.165, 1.54) is 6.92 Å². The van der Waals surface area contributed by atoms with Crippen molar-refractivity contribution < 1.29 is 35.9 Å². The summed E-state index contributed by atoms with van der Waals surface area (Å²) in [7, 11) is -5.30. The number of benzene rings is 1. The Morgan fingerprint density at radius 3 is 2.03 bits per heavy atom. The second-order valence-corrected chi connectivity index (χ2v) is 9.49. The van der Waals surface area contributed by atoms with Crippen molar-refractivity contribution in [3.05, 3.63) is 22.3 Å². The maximum atomic E-state index is 13.3. The zero-order chi connectivity index (χ0) is 23.7. The van der Waals surface area contributed by atoms with Gasteiger partial charge >= 0.3 is 22.6 Å². The van der Waals surface area contributed by atoms with Crippen LogP contribution in [0.25, 0.3) is 0 Å². The number of hydrogen-bond donors (Lipinski definition) is 1. The van der Waals surface area contributed by atoms with Crippen LogP contribution < -0.4 is 9.08 Å². The Labute approximate surface area is 182 Å². The van der Waals surface area contributed by atoms with Crippen LogP contribution in [0.15, 0.2) is 0 Å². The van der Waals surface area contributed by atoms with Gasteiger partial charge in [-0.2, -0.15) is 8.42 Å². The fraction of sp³-hybridized carbons (Fsp3) is 0.600. The van der Waals surface area contributed by atoms with Gasteiger partial charge in [-0.3, -0.25) is 4.79 Å². The highest BCUT2D eigenvalue weighted by Gasteiger charge is 2.30. The summed E-state index contributed by atoms with van der Waals surface area (Å²) in [6, 6.07) is 0. The molecule has 0 radical (unpaired) electrons. The summed E-state index contributed by atoms with van der Waals surface area (Å²) < 4.78 is 45.7. The number of ether oxygens (including phenoxy) is 1. The Bertz CT molecular complexity index is 978. The molecule has 1 heterocycles. The van der Waals surface area contributed by atoms with Gasteiger partial charge in [0.25, 0.3) is 0 Å². The maximum absolute atomic E-state index is 13.3. The summed E-state index contributed by atoms with van der Waals surface area (Å²) in [5.41, 5.74) is 1.61. The van der Waals surface area contributed by atoms with Gasteiger partial charge in [-0.05, 0) is 58.2 Å². The number of rotatable bonds is 5. The molecular formula is C20H29FN2O7S. The standard InChI is InChI=1S/C20H29FN2O7S/c1-12-15(11-16(24)25)13(2)18(30-31(21,27)28)14(3)17(12)22-7-9-23(10-8-22)19(26)29-20(4,5)6/h7-11H2,1-6H3,(H,24,25). The lowest BCUT2D eigenvalue weighted by molar-refractivity contribution is -0.136. The van der Waals surface area contributed by atoms with Crippen LogP contribution in [0.3, 0.4) is 0 Å². The van der Waals surface area contributed by atoms with Crippen LogP contribution in [-0.4, -0.2) is 62.3 Å². The van der Waals surface area contributed by atoms with Crippen molar-refractivity contribution in [3.63, 3.8) is 0 Å². The Hall–Kier alpha value is -2.56. The van der Waals surface area contributed by atoms with Crippen molar-refractivity contribution >= 4 is 28.3 Å². The summed E-state index contributed by atoms with van der Waals surface area (Å²) in [5, 5.41) is 9.29. The number of carbonyl (C=O) groups is 2. The molecule has 1 aliphatic rings. The quantitative estimate of drug-likeness (QED) is 0.668. The third kappa shape index (κ3) is 6.22. The monoisotopic (exact) mass is 460 g/mol. The molecule has 1 aromatic rings. The number of hydrogen-bond acceptors (Lipinski definition) is 7. The molecule has 0 bridgehead atoms. The average molecular weight is 461 g/mol. The summed E-state index contributed by atoms with van der Waals surface area (Å²) in [6.45, 7) is 11.7. The number of nitrogens with zero attached hydrogens (tertiary/aromatic N) is 2. The second-order valence-electron chi connectivity index (χ2n) is 8.53. The molecule has 0 aromatic heterocycles. The molecule has 9 nitrogen and oxygen atoms in total. The number of carbonyl (C=O) groups excluding carboxylic acids is 1. The van der Waals surface area contributed by atoms with E-state index in [9.17, 15) is 27.0 Å². The van der Waals surface area contributed by atoms with E-state index in [1.807, 2.05) is 4.90 Å². The first-order valence-electron chi connectivity index (χ1n) is 9.82. The van der Waals surface area contributed by atoms with Gasteiger partial charge in [0.05, 0.1) is 6.42 Å². The highest BCUT2D eigenvalue weighted by Crippen LogP contribution is 2.40. The normalized spacial score (nSPS) is 15.1. The molecule has 2 rings (SSSR count). The number of carboxylic acids is 1. The molecule has 1 aliphatic heterocycles. The van der Waals surface area contributed by atoms with Crippen molar-refractivity contribution in [1.82, 2.24) is 4.90 Å². The summed E-state index contributed by atoms with van der Waals surface area (Å²) >= 11 is 0. The van der Waals surface area contributed by atoms with E-state index in [1.54, 1.807) is 39.5 Å². The third-order valence-electron chi connectivity index (χ3n) is 5.06. The number of aliphatic carboxylic acids is 1. The largest absolute Gasteiger partial charge is 0.488 e. The molecule has 11 heteroatoms. The average Bonchev–Trinajstić information content (AvgIpc) is 2.60. The van der Waals surface area contributed by atoms with Gasteiger partial charge in [-0.25, -0.2) is 4.79 Å². The van der Waals surface area contributed by atoms with E-state index >= 15 is 0 Å². The summed E-state index contributed by atoms with van der Waals surface area (Å²) in [4.78, 5) is 27.2. The lowest BCUT2D eigenvalue weighted by Gasteiger charge is -2.38. The van der Waals surface area contributed by atoms with E-state index in [-0.39, 0.29) is 17.7 Å². The van der Waals surface area contributed by atoms with Crippen LogP contribution in [0.5, 0.6) is 5.75 Å². The van der Waals surface area contributed by atoms with Crippen LogP contribution >= 0.6 is 0 Å². The minimum absolute atomic E-state index is 0.214. The Kier molecular flexibility index (Phi) is 7.09. The number of carboxylic acid groups (broad SMARTS) is 1. The molecule has 1 aromatic carbocycles. The van der Waals surface area contributed by atoms with Crippen LogP contribution in [0.1, 0.15) is 43.0 Å². The molecule has 31 heavy (non-hydrogen) atoms. The number of amides is 1. The van der Waals surface area contributed by atoms with Crippen molar-refractivity contribution in [2.75, 3.05) is 31.1 Å². The predicted molar refractivity (Wildman–Crippen MR) is 113 cm³/mol. The van der Waals surface area contributed by atoms with Crippen molar-refractivity contribution in [2.24, 2.45) is 0 Å². The molecule has 174 valence electrons. The predicted octanol–water partition coefficient (Wildman–Crippen LogP) is 2.89. The smallest absolute Gasteiger partial charge is 0.481 e. The van der Waals surface area contributed by atoms with Crippen molar-refractivity contribution in [1.29, 1.82) is 0 Å². The molecule has 0 aliphatic carbocycles. The zero-order valence-electron chi connectivity index (χ0n) is 18.6. The number of halogens is 1. The second kappa shape index (κ2) is 8.89. The van der Waals surface area contributed by atoms with E-state index < -0.39 is 28.2 Å². The molecule has 1 saturated heterocycles. The van der Waals surface area contributed by atoms with Crippen LogP contribution in [0.4, 0.5) is 14.4 Å². The van der Waals surface area contributed by atoms with Crippen LogP contribution in [0, 0.1) is 20.8 Å². The minimum atomic E-state index is -5.30. The SMILES string of the molecule is Cc1c(CC(=O)O)c(C)c(N2CCN(C(=O)OC(C)(C)C)CC2)c(C)c1OS(=O)(=O)F. The first-order valence-corrected chi connectivity index (χ1v) is 11.1. The Balaban J connectivity index is 2.41. The first-order chi connectivity index (χ1) is 14.1. The van der Waals surface area contributed by atoms with Gasteiger partial charge in [0.15, 0.2) is 5.75 Å². The first kappa shape index (κ1) is 24.7. The molecule has 1 fully saturated rings. The molecule has 0 unspecified atom stereocenters. The number of piperazine rings is 1. The zero-order valence-corrected chi connectivity index (χ0v) is 19.4. The lowest BCUT2D eigenvalue weighted by atomic mass is 9.93. The molecule has 1 amide bonds. The van der Waals surface area contributed by atoms with Gasteiger partial charge in [0.1, 0.15) is 5.60 Å². The van der Waals surface area contributed by atoms with E-state index in [0.29, 0.717) is 48.6 Å². The van der Waals surface area contributed by atoms with E-state index in [0.717, 1.165) is 0 Å². The molecule has 0 atom stereocenters. The Morgan fingerprint density at radius 1 is 1.03 bits per heavy atom. The minimum Gasteiger partial charge on any atom is -0.481 e. The van der Waals surface area contributed by atoms with Crippen molar-refractivity contribution in [3.8, 4) is 5.75 Å². The molecular weight excluding hydrogens is 431 g/mol. The molecule has 1 N–H and O–H groups in total. The molecule has 0 spiro atoms. The maximum Gasteiger partial charge on any atom is 0.488 e. The van der Waals surface area contributed by atoms with Gasteiger partial charge in [0.2, 0.25) is 0 Å². The van der Waals surface area contributed by atoms with Gasteiger partial charge in [-0.15, -0.1) is 0 Å². The molecule has 0 saturated carbocycles. The van der Waals surface area contributed by atoms with Gasteiger partial charge in [0, 0.05) is 37.4 Å². The fourth-order valence-corrected chi connectivity index (χ4v) is 4.23. The topological polar surface area (TPSA) is 113 Å². The highest BCUT2D eigenvalue weighted by molar-refractivity contribution is 7.81. The van der Waals surface area contributed by atoms with Gasteiger partial charge < -0.3 is 23.8 Å². The van der Waals surface area contributed by atoms with Crippen LogP contribution in [-0.2, 0) is 26.5 Å². The summed E-state index contributed by atoms with van der Waals surface area (Å²) in [5.74, 6) is -1.32. The van der Waals surface area contributed by atoms with Crippen molar-refractivity contribution in [2.45, 2.75) is 53.6 Å². The summed E-state index contributed by atoms with van der Waals surface area (Å²) in [6.07, 6.45) is -0.797. The van der Waals surface area contributed by atoms with Gasteiger partial charge in [-0.1, -0.05) is 3.89 Å². The van der Waals surface area contributed by atoms with Crippen LogP contribution in [0.2, 0.25) is 0 Å². The lowest BCUT2D eigenvalue weighted by Crippen LogP contribution is -2.50. The highest BCUT2D eigenvalue weighted by atomic mass is 32.3. The Morgan fingerprint density at radius 2 is 1.58 bits per heavy atom.